The molecule has 23 heavy (non-hydrogen) atoms. The second kappa shape index (κ2) is 6.40. The van der Waals surface area contributed by atoms with Crippen molar-refractivity contribution in [3.63, 3.8) is 0 Å². The Labute approximate surface area is 139 Å². The molecule has 6 heteroatoms. The SMILES string of the molecule is O=S(=O)(Nc1ccc(-c2ccccc2)cn1)c1ccc(Cl)cc1. The quantitative estimate of drug-likeness (QED) is 0.771. The molecule has 3 aromatic rings. The van der Waals surface area contributed by atoms with Crippen LogP contribution in [0.1, 0.15) is 0 Å². The number of anilines is 1. The minimum atomic E-state index is -3.68. The van der Waals surface area contributed by atoms with Crippen molar-refractivity contribution in [1.82, 2.24) is 4.98 Å². The lowest BCUT2D eigenvalue weighted by Gasteiger charge is -2.08. The van der Waals surface area contributed by atoms with Crippen LogP contribution in [0.2, 0.25) is 5.02 Å². The summed E-state index contributed by atoms with van der Waals surface area (Å²) in [7, 11) is -3.68. The average molecular weight is 345 g/mol. The number of pyridine rings is 1. The van der Waals surface area contributed by atoms with Crippen molar-refractivity contribution in [3.8, 4) is 11.1 Å². The molecule has 0 aliphatic heterocycles. The monoisotopic (exact) mass is 344 g/mol. The fourth-order valence-electron chi connectivity index (χ4n) is 2.07. The molecule has 0 fully saturated rings. The van der Waals surface area contributed by atoms with Crippen LogP contribution in [0.3, 0.4) is 0 Å². The molecule has 1 N–H and O–H groups in total. The summed E-state index contributed by atoms with van der Waals surface area (Å²) in [6.45, 7) is 0. The van der Waals surface area contributed by atoms with Gasteiger partial charge in [0.2, 0.25) is 0 Å². The van der Waals surface area contributed by atoms with Crippen LogP contribution in [-0.2, 0) is 10.0 Å². The van der Waals surface area contributed by atoms with Gasteiger partial charge >= 0.3 is 0 Å². The summed E-state index contributed by atoms with van der Waals surface area (Å²) in [4.78, 5) is 4.30. The Balaban J connectivity index is 1.82. The summed E-state index contributed by atoms with van der Waals surface area (Å²) < 4.78 is 27.0. The van der Waals surface area contributed by atoms with Gasteiger partial charge in [-0.05, 0) is 42.0 Å². The maximum atomic E-state index is 12.3. The Morgan fingerprint density at radius 1 is 0.826 bits per heavy atom. The lowest BCUT2D eigenvalue weighted by Crippen LogP contribution is -2.13. The molecule has 1 aromatic heterocycles. The van der Waals surface area contributed by atoms with Gasteiger partial charge in [0.15, 0.2) is 0 Å². The zero-order chi connectivity index (χ0) is 16.3. The van der Waals surface area contributed by atoms with Crippen LogP contribution in [0, 0.1) is 0 Å². The third kappa shape index (κ3) is 3.70. The van der Waals surface area contributed by atoms with E-state index in [9.17, 15) is 8.42 Å². The van der Waals surface area contributed by atoms with Gasteiger partial charge in [-0.1, -0.05) is 41.9 Å². The van der Waals surface area contributed by atoms with Crippen molar-refractivity contribution < 1.29 is 8.42 Å². The van der Waals surface area contributed by atoms with Crippen LogP contribution in [-0.4, -0.2) is 13.4 Å². The van der Waals surface area contributed by atoms with Crippen LogP contribution >= 0.6 is 11.6 Å². The number of rotatable bonds is 4. The Kier molecular flexibility index (Phi) is 4.32. The predicted octanol–water partition coefficient (Wildman–Crippen LogP) is 4.20. The molecule has 1 heterocycles. The van der Waals surface area contributed by atoms with E-state index in [4.69, 9.17) is 11.6 Å². The van der Waals surface area contributed by atoms with Crippen molar-refractivity contribution >= 4 is 27.4 Å². The van der Waals surface area contributed by atoms with Gasteiger partial charge in [0.25, 0.3) is 10.0 Å². The maximum Gasteiger partial charge on any atom is 0.263 e. The van der Waals surface area contributed by atoms with Crippen molar-refractivity contribution in [1.29, 1.82) is 0 Å². The summed E-state index contributed by atoms with van der Waals surface area (Å²) in [6.07, 6.45) is 1.63. The van der Waals surface area contributed by atoms with Crippen LogP contribution in [0.5, 0.6) is 0 Å². The van der Waals surface area contributed by atoms with Crippen LogP contribution in [0.15, 0.2) is 77.8 Å². The van der Waals surface area contributed by atoms with E-state index in [1.165, 1.54) is 24.3 Å². The van der Waals surface area contributed by atoms with E-state index in [1.54, 1.807) is 12.3 Å². The molecule has 116 valence electrons. The van der Waals surface area contributed by atoms with Crippen molar-refractivity contribution in [2.75, 3.05) is 4.72 Å². The van der Waals surface area contributed by atoms with Gasteiger partial charge in [0.05, 0.1) is 4.90 Å². The number of nitrogens with zero attached hydrogens (tertiary/aromatic N) is 1. The molecule has 2 aromatic carbocycles. The summed E-state index contributed by atoms with van der Waals surface area (Å²) in [5, 5.41) is 0.481. The van der Waals surface area contributed by atoms with Crippen molar-refractivity contribution in [2.24, 2.45) is 0 Å². The fourth-order valence-corrected chi connectivity index (χ4v) is 3.20. The zero-order valence-corrected chi connectivity index (χ0v) is 13.6. The first-order valence-electron chi connectivity index (χ1n) is 6.84. The number of sulfonamides is 1. The standard InChI is InChI=1S/C17H13ClN2O2S/c18-15-7-9-16(10-8-15)23(21,22)20-17-11-6-14(12-19-17)13-4-2-1-3-5-13/h1-12H,(H,19,20). The van der Waals surface area contributed by atoms with E-state index in [1.807, 2.05) is 36.4 Å². The second-order valence-electron chi connectivity index (χ2n) is 4.86. The van der Waals surface area contributed by atoms with Crippen molar-refractivity contribution in [3.05, 3.63) is 77.9 Å². The van der Waals surface area contributed by atoms with Crippen molar-refractivity contribution in [2.45, 2.75) is 4.90 Å². The largest absolute Gasteiger partial charge is 0.263 e. The lowest BCUT2D eigenvalue weighted by molar-refractivity contribution is 0.601. The van der Waals surface area contributed by atoms with E-state index in [0.717, 1.165) is 11.1 Å². The van der Waals surface area contributed by atoms with E-state index in [0.29, 0.717) is 5.02 Å². The van der Waals surface area contributed by atoms with Gasteiger partial charge in [-0.15, -0.1) is 0 Å². The van der Waals surface area contributed by atoms with E-state index < -0.39 is 10.0 Å². The van der Waals surface area contributed by atoms with Gasteiger partial charge in [-0.3, -0.25) is 4.72 Å². The maximum absolute atomic E-state index is 12.3. The molecule has 0 spiro atoms. The van der Waals surface area contributed by atoms with Gasteiger partial charge in [0, 0.05) is 16.8 Å². The zero-order valence-electron chi connectivity index (χ0n) is 12.0. The molecule has 0 aliphatic rings. The van der Waals surface area contributed by atoms with Gasteiger partial charge in [-0.2, -0.15) is 0 Å². The molecule has 0 amide bonds. The normalized spacial score (nSPS) is 11.2. The van der Waals surface area contributed by atoms with E-state index in [2.05, 4.69) is 9.71 Å². The van der Waals surface area contributed by atoms with Crippen LogP contribution < -0.4 is 4.72 Å². The number of hydrogen-bond acceptors (Lipinski definition) is 3. The molecule has 0 saturated carbocycles. The van der Waals surface area contributed by atoms with Gasteiger partial charge in [-0.25, -0.2) is 13.4 Å². The van der Waals surface area contributed by atoms with Gasteiger partial charge in [0.1, 0.15) is 5.82 Å². The molecule has 3 rings (SSSR count). The Bertz CT molecular complexity index is 894. The molecule has 0 aliphatic carbocycles. The highest BCUT2D eigenvalue weighted by atomic mass is 35.5. The molecular weight excluding hydrogens is 332 g/mol. The molecule has 0 unspecified atom stereocenters. The molecule has 0 saturated heterocycles. The second-order valence-corrected chi connectivity index (χ2v) is 6.98. The average Bonchev–Trinajstić information content (AvgIpc) is 2.56. The predicted molar refractivity (Wildman–Crippen MR) is 91.9 cm³/mol. The fraction of sp³-hybridized carbons (Fsp3) is 0. The number of aromatic nitrogens is 1. The first-order valence-corrected chi connectivity index (χ1v) is 8.70. The molecule has 0 radical (unpaired) electrons. The number of hydrogen-bond donors (Lipinski definition) is 1. The highest BCUT2D eigenvalue weighted by Gasteiger charge is 2.14. The third-order valence-electron chi connectivity index (χ3n) is 3.23. The first-order chi connectivity index (χ1) is 11.0. The Morgan fingerprint density at radius 3 is 2.13 bits per heavy atom. The molecular formula is C17H13ClN2O2S. The third-order valence-corrected chi connectivity index (χ3v) is 4.86. The molecule has 4 nitrogen and oxygen atoms in total. The topological polar surface area (TPSA) is 59.1 Å². The van der Waals surface area contributed by atoms with Gasteiger partial charge < -0.3 is 0 Å². The van der Waals surface area contributed by atoms with E-state index >= 15 is 0 Å². The highest BCUT2D eigenvalue weighted by molar-refractivity contribution is 7.92. The smallest absolute Gasteiger partial charge is 0.263 e. The summed E-state index contributed by atoms with van der Waals surface area (Å²) >= 11 is 5.77. The molecule has 0 bridgehead atoms. The summed E-state index contributed by atoms with van der Waals surface area (Å²) in [5.41, 5.74) is 1.94. The lowest BCUT2D eigenvalue weighted by atomic mass is 10.1. The minimum absolute atomic E-state index is 0.135. The Hall–Kier alpha value is -2.37. The van der Waals surface area contributed by atoms with Crippen LogP contribution in [0.25, 0.3) is 11.1 Å². The minimum Gasteiger partial charge on any atom is -0.263 e. The number of halogens is 1. The van der Waals surface area contributed by atoms with E-state index in [-0.39, 0.29) is 10.7 Å². The number of nitrogens with one attached hydrogen (secondary N) is 1. The Morgan fingerprint density at radius 2 is 1.52 bits per heavy atom. The highest BCUT2D eigenvalue weighted by Crippen LogP contribution is 2.21. The van der Waals surface area contributed by atoms with Crippen LogP contribution in [0.4, 0.5) is 5.82 Å². The summed E-state index contributed by atoms with van der Waals surface area (Å²) in [6, 6.07) is 19.2. The summed E-state index contributed by atoms with van der Waals surface area (Å²) in [5.74, 6) is 0.264. The molecule has 0 atom stereocenters. The first kappa shape index (κ1) is 15.5. The number of benzene rings is 2.